The maximum absolute atomic E-state index is 10.8. The maximum atomic E-state index is 10.8. The molecule has 1 fully saturated rings. The number of ether oxygens (including phenoxy) is 2. The van der Waals surface area contributed by atoms with Gasteiger partial charge in [0.05, 0.1) is 25.5 Å². The normalized spacial score (nSPS) is 22.8. The highest BCUT2D eigenvalue weighted by Gasteiger charge is 2.32. The van der Waals surface area contributed by atoms with Crippen LogP contribution in [0.2, 0.25) is 0 Å². The number of carbonyl (C=O) groups is 1. The zero-order valence-electron chi connectivity index (χ0n) is 10.2. The quantitative estimate of drug-likeness (QED) is 0.769. The highest BCUT2D eigenvalue weighted by Crippen LogP contribution is 2.35. The van der Waals surface area contributed by atoms with Crippen LogP contribution in [0.15, 0.2) is 18.2 Å². The van der Waals surface area contributed by atoms with Crippen LogP contribution >= 0.6 is 11.8 Å². The molecular formula is C12H15NO4S. The first kappa shape index (κ1) is 13.0. The van der Waals surface area contributed by atoms with Crippen LogP contribution in [0.4, 0.5) is 0 Å². The second-order valence-electron chi connectivity index (χ2n) is 3.98. The third-order valence-corrected chi connectivity index (χ3v) is 4.23. The van der Waals surface area contributed by atoms with Crippen molar-refractivity contribution in [3.8, 4) is 11.5 Å². The van der Waals surface area contributed by atoms with Crippen LogP contribution < -0.4 is 19.9 Å². The number of hydrogen-bond acceptors (Lipinski definition) is 5. The minimum atomic E-state index is -1.02. The number of quaternary nitrogens is 1. The number of carbonyl (C=O) groups excluding carboxylic acids is 1. The fourth-order valence-corrected chi connectivity index (χ4v) is 3.26. The van der Waals surface area contributed by atoms with Crippen molar-refractivity contribution in [3.63, 3.8) is 0 Å². The number of nitrogens with two attached hydrogens (primary N) is 1. The minimum Gasteiger partial charge on any atom is -0.544 e. The van der Waals surface area contributed by atoms with E-state index in [-0.39, 0.29) is 5.37 Å². The number of aliphatic carboxylic acids is 1. The first-order valence-corrected chi connectivity index (χ1v) is 6.60. The Morgan fingerprint density at radius 3 is 2.78 bits per heavy atom. The molecule has 1 aliphatic heterocycles. The molecule has 6 heteroatoms. The fraction of sp³-hybridized carbons (Fsp3) is 0.417. The third kappa shape index (κ3) is 2.54. The van der Waals surface area contributed by atoms with Gasteiger partial charge in [0.1, 0.15) is 23.5 Å². The van der Waals surface area contributed by atoms with Crippen molar-refractivity contribution in [2.75, 3.05) is 20.0 Å². The van der Waals surface area contributed by atoms with Gasteiger partial charge in [0.25, 0.3) is 0 Å². The Bertz CT molecular complexity index is 452. The number of methoxy groups -OCH3 is 2. The Morgan fingerprint density at radius 2 is 2.22 bits per heavy atom. The van der Waals surface area contributed by atoms with Crippen molar-refractivity contribution in [1.82, 2.24) is 0 Å². The van der Waals surface area contributed by atoms with E-state index >= 15 is 0 Å². The Balaban J connectivity index is 2.24. The molecule has 0 aromatic heterocycles. The molecule has 1 aromatic rings. The number of thioether (sulfide) groups is 1. The van der Waals surface area contributed by atoms with Crippen LogP contribution in [0.3, 0.4) is 0 Å². The molecule has 98 valence electrons. The molecule has 0 unspecified atom stereocenters. The fourth-order valence-electron chi connectivity index (χ4n) is 1.93. The first-order chi connectivity index (χ1) is 8.65. The van der Waals surface area contributed by atoms with Gasteiger partial charge in [0.15, 0.2) is 5.37 Å². The first-order valence-electron chi connectivity index (χ1n) is 5.55. The van der Waals surface area contributed by atoms with E-state index < -0.39 is 12.0 Å². The standard InChI is InChI=1S/C12H15NO4S/c1-16-7-3-4-10(17-2)8(5-7)11-13-9(6-18-11)12(14)15/h3-5,9,11,13H,6H2,1-2H3,(H,14,15)/t9-,11+/m0/s1. The van der Waals surface area contributed by atoms with Crippen molar-refractivity contribution in [2.45, 2.75) is 11.4 Å². The van der Waals surface area contributed by atoms with E-state index in [1.807, 2.05) is 18.2 Å². The molecule has 0 saturated carbocycles. The predicted octanol–water partition coefficient (Wildman–Crippen LogP) is -0.869. The topological polar surface area (TPSA) is 75.2 Å². The maximum Gasteiger partial charge on any atom is 0.163 e. The van der Waals surface area contributed by atoms with E-state index in [0.29, 0.717) is 5.75 Å². The van der Waals surface area contributed by atoms with Crippen LogP contribution in [-0.4, -0.2) is 32.0 Å². The Kier molecular flexibility index (Phi) is 3.98. The molecule has 1 heterocycles. The second kappa shape index (κ2) is 5.49. The predicted molar refractivity (Wildman–Crippen MR) is 65.5 cm³/mol. The van der Waals surface area contributed by atoms with E-state index in [4.69, 9.17) is 9.47 Å². The SMILES string of the molecule is COc1ccc(OC)c([C@@H]2[NH2+][C@H](C(=O)[O-])CS2)c1. The van der Waals surface area contributed by atoms with E-state index in [0.717, 1.165) is 17.1 Å². The van der Waals surface area contributed by atoms with E-state index in [2.05, 4.69) is 0 Å². The molecule has 5 nitrogen and oxygen atoms in total. The highest BCUT2D eigenvalue weighted by molar-refractivity contribution is 7.99. The van der Waals surface area contributed by atoms with Gasteiger partial charge in [-0.05, 0) is 18.2 Å². The summed E-state index contributed by atoms with van der Waals surface area (Å²) in [6.45, 7) is 0. The smallest absolute Gasteiger partial charge is 0.163 e. The summed E-state index contributed by atoms with van der Waals surface area (Å²) in [6.07, 6.45) is 0. The monoisotopic (exact) mass is 269 g/mol. The van der Waals surface area contributed by atoms with Crippen LogP contribution in [0.1, 0.15) is 10.9 Å². The summed E-state index contributed by atoms with van der Waals surface area (Å²) in [5.41, 5.74) is 0.936. The number of rotatable bonds is 4. The average molecular weight is 269 g/mol. The van der Waals surface area contributed by atoms with Crippen LogP contribution in [-0.2, 0) is 4.79 Å². The third-order valence-electron chi connectivity index (χ3n) is 2.91. The van der Waals surface area contributed by atoms with E-state index in [1.165, 1.54) is 0 Å². The van der Waals surface area contributed by atoms with Gasteiger partial charge in [-0.15, -0.1) is 0 Å². The summed E-state index contributed by atoms with van der Waals surface area (Å²) >= 11 is 1.57. The zero-order valence-corrected chi connectivity index (χ0v) is 11.0. The van der Waals surface area contributed by atoms with Gasteiger partial charge in [-0.2, -0.15) is 0 Å². The van der Waals surface area contributed by atoms with Gasteiger partial charge >= 0.3 is 0 Å². The molecule has 2 N–H and O–H groups in total. The Hall–Kier alpha value is -1.40. The van der Waals surface area contributed by atoms with Gasteiger partial charge in [0, 0.05) is 0 Å². The minimum absolute atomic E-state index is 0.00190. The van der Waals surface area contributed by atoms with Crippen molar-refractivity contribution < 1.29 is 24.7 Å². The van der Waals surface area contributed by atoms with Crippen LogP contribution in [0, 0.1) is 0 Å². The molecule has 0 radical (unpaired) electrons. The Morgan fingerprint density at radius 1 is 1.44 bits per heavy atom. The summed E-state index contributed by atoms with van der Waals surface area (Å²) in [7, 11) is 3.20. The van der Waals surface area contributed by atoms with Crippen LogP contribution in [0.5, 0.6) is 11.5 Å². The summed E-state index contributed by atoms with van der Waals surface area (Å²) in [6, 6.07) is 5.02. The molecule has 1 aliphatic rings. The van der Waals surface area contributed by atoms with E-state index in [1.54, 1.807) is 31.3 Å². The van der Waals surface area contributed by atoms with Gasteiger partial charge < -0.3 is 24.7 Å². The number of benzene rings is 1. The van der Waals surface area contributed by atoms with Crippen molar-refractivity contribution >= 4 is 17.7 Å². The zero-order chi connectivity index (χ0) is 13.1. The molecule has 0 amide bonds. The summed E-state index contributed by atoms with van der Waals surface area (Å²) in [5.74, 6) is 0.986. The average Bonchev–Trinajstić information content (AvgIpc) is 2.87. The van der Waals surface area contributed by atoms with Gasteiger partial charge in [-0.1, -0.05) is 11.8 Å². The lowest BCUT2D eigenvalue weighted by Gasteiger charge is -2.15. The highest BCUT2D eigenvalue weighted by atomic mass is 32.2. The molecule has 1 aromatic carbocycles. The molecule has 1 saturated heterocycles. The lowest BCUT2D eigenvalue weighted by atomic mass is 10.1. The number of carboxylic acids is 1. The van der Waals surface area contributed by atoms with Crippen molar-refractivity contribution in [3.05, 3.63) is 23.8 Å². The number of carboxylic acid groups (broad SMARTS) is 1. The Labute approximate surface area is 109 Å². The van der Waals surface area contributed by atoms with Gasteiger partial charge in [0.2, 0.25) is 0 Å². The van der Waals surface area contributed by atoms with Crippen molar-refractivity contribution in [2.24, 2.45) is 0 Å². The lowest BCUT2D eigenvalue weighted by molar-refractivity contribution is -0.690. The summed E-state index contributed by atoms with van der Waals surface area (Å²) in [4.78, 5) is 10.8. The molecule has 2 atom stereocenters. The van der Waals surface area contributed by atoms with Gasteiger partial charge in [-0.3, -0.25) is 0 Å². The summed E-state index contributed by atoms with van der Waals surface area (Å²) < 4.78 is 10.5. The second-order valence-corrected chi connectivity index (χ2v) is 5.15. The lowest BCUT2D eigenvalue weighted by Crippen LogP contribution is -2.90. The largest absolute Gasteiger partial charge is 0.544 e. The molecule has 18 heavy (non-hydrogen) atoms. The van der Waals surface area contributed by atoms with Crippen LogP contribution in [0.25, 0.3) is 0 Å². The molecule has 0 spiro atoms. The molecule has 0 bridgehead atoms. The molecule has 2 rings (SSSR count). The number of hydrogen-bond donors (Lipinski definition) is 1. The van der Waals surface area contributed by atoms with Crippen molar-refractivity contribution in [1.29, 1.82) is 0 Å². The van der Waals surface area contributed by atoms with E-state index in [9.17, 15) is 9.90 Å². The molecular weight excluding hydrogens is 254 g/mol. The van der Waals surface area contributed by atoms with Gasteiger partial charge in [-0.25, -0.2) is 0 Å². The summed E-state index contributed by atoms with van der Waals surface area (Å²) in [5, 5.41) is 12.6. The molecule has 0 aliphatic carbocycles.